The first-order valence-corrected chi connectivity index (χ1v) is 6.11. The van der Waals surface area contributed by atoms with Crippen molar-refractivity contribution >= 4 is 40.5 Å². The highest BCUT2D eigenvalue weighted by molar-refractivity contribution is 7.13. The molecule has 0 spiro atoms. The monoisotopic (exact) mass is 288 g/mol. The van der Waals surface area contributed by atoms with E-state index in [1.165, 1.54) is 18.4 Å². The van der Waals surface area contributed by atoms with Gasteiger partial charge in [0.1, 0.15) is 15.3 Å². The summed E-state index contributed by atoms with van der Waals surface area (Å²) in [5.74, 6) is -0.481. The number of carbonyl (C=O) groups excluding carboxylic acids is 1. The summed E-state index contributed by atoms with van der Waals surface area (Å²) in [6, 6.07) is 3.32. The van der Waals surface area contributed by atoms with Crippen LogP contribution in [0.15, 0.2) is 17.5 Å². The molecule has 0 atom stereocenters. The Labute approximate surface area is 111 Å². The molecule has 0 fully saturated rings. The number of esters is 1. The molecular formula is C10H6Cl2N2O2S. The van der Waals surface area contributed by atoms with Crippen molar-refractivity contribution in [1.82, 2.24) is 9.97 Å². The van der Waals surface area contributed by atoms with Crippen molar-refractivity contribution in [2.24, 2.45) is 0 Å². The fraction of sp³-hybridized carbons (Fsp3) is 0.100. The maximum absolute atomic E-state index is 11.2. The summed E-state index contributed by atoms with van der Waals surface area (Å²) in [7, 11) is 1.30. The zero-order valence-corrected chi connectivity index (χ0v) is 10.9. The van der Waals surface area contributed by atoms with E-state index in [1.54, 1.807) is 17.5 Å². The minimum atomic E-state index is -0.481. The second-order valence-corrected chi connectivity index (χ2v) is 4.61. The van der Waals surface area contributed by atoms with Gasteiger partial charge in [-0.1, -0.05) is 23.2 Å². The van der Waals surface area contributed by atoms with Gasteiger partial charge in [-0.3, -0.25) is 0 Å². The van der Waals surface area contributed by atoms with E-state index < -0.39 is 5.97 Å². The molecule has 0 saturated heterocycles. The van der Waals surface area contributed by atoms with Crippen molar-refractivity contribution in [3.63, 3.8) is 0 Å². The predicted octanol–water partition coefficient (Wildman–Crippen LogP) is 3.30. The molecule has 0 unspecified atom stereocenters. The fourth-order valence-electron chi connectivity index (χ4n) is 1.17. The van der Waals surface area contributed by atoms with Crippen LogP contribution in [-0.2, 0) is 4.74 Å². The number of pyridine rings is 1. The van der Waals surface area contributed by atoms with E-state index in [0.29, 0.717) is 15.7 Å². The van der Waals surface area contributed by atoms with Gasteiger partial charge in [-0.05, 0) is 12.1 Å². The van der Waals surface area contributed by atoms with Crippen LogP contribution in [0.1, 0.15) is 10.5 Å². The van der Waals surface area contributed by atoms with Gasteiger partial charge in [0.25, 0.3) is 0 Å². The molecule has 0 aliphatic carbocycles. The molecule has 0 N–H and O–H groups in total. The minimum absolute atomic E-state index is 0.249. The quantitative estimate of drug-likeness (QED) is 0.628. The van der Waals surface area contributed by atoms with Crippen molar-refractivity contribution < 1.29 is 9.53 Å². The van der Waals surface area contributed by atoms with Gasteiger partial charge in [-0.2, -0.15) is 0 Å². The van der Waals surface area contributed by atoms with E-state index >= 15 is 0 Å². The van der Waals surface area contributed by atoms with Gasteiger partial charge >= 0.3 is 5.97 Å². The predicted molar refractivity (Wildman–Crippen MR) is 66.7 cm³/mol. The summed E-state index contributed by atoms with van der Waals surface area (Å²) in [6.07, 6.45) is 0. The second kappa shape index (κ2) is 5.00. The van der Waals surface area contributed by atoms with Crippen LogP contribution >= 0.6 is 34.5 Å². The number of hydrogen-bond acceptors (Lipinski definition) is 5. The Kier molecular flexibility index (Phi) is 3.61. The molecular weight excluding hydrogens is 283 g/mol. The number of hydrogen-bond donors (Lipinski definition) is 0. The van der Waals surface area contributed by atoms with E-state index in [9.17, 15) is 4.79 Å². The summed E-state index contributed by atoms with van der Waals surface area (Å²) in [5, 5.41) is 2.76. The lowest BCUT2D eigenvalue weighted by Gasteiger charge is -1.99. The Morgan fingerprint density at radius 3 is 2.76 bits per heavy atom. The van der Waals surface area contributed by atoms with E-state index in [4.69, 9.17) is 23.2 Å². The Bertz CT molecular complexity index is 571. The average Bonchev–Trinajstić information content (AvgIpc) is 2.77. The van der Waals surface area contributed by atoms with E-state index in [0.717, 1.165) is 0 Å². The highest BCUT2D eigenvalue weighted by atomic mass is 35.5. The number of methoxy groups -OCH3 is 1. The largest absolute Gasteiger partial charge is 0.464 e. The zero-order valence-electron chi connectivity index (χ0n) is 8.61. The van der Waals surface area contributed by atoms with Crippen LogP contribution in [0.5, 0.6) is 0 Å². The molecule has 0 saturated carbocycles. The summed E-state index contributed by atoms with van der Waals surface area (Å²) >= 11 is 12.9. The van der Waals surface area contributed by atoms with Crippen LogP contribution < -0.4 is 0 Å². The van der Waals surface area contributed by atoms with Crippen molar-refractivity contribution in [1.29, 1.82) is 0 Å². The van der Waals surface area contributed by atoms with Crippen molar-refractivity contribution in [2.45, 2.75) is 0 Å². The van der Waals surface area contributed by atoms with E-state index in [1.807, 2.05) is 0 Å². The lowest BCUT2D eigenvalue weighted by Crippen LogP contribution is -2.01. The summed E-state index contributed by atoms with van der Waals surface area (Å²) in [5.41, 5.74) is 0.884. The van der Waals surface area contributed by atoms with Gasteiger partial charge in [0.15, 0.2) is 5.69 Å². The minimum Gasteiger partial charge on any atom is -0.464 e. The second-order valence-electron chi connectivity index (χ2n) is 3.00. The third-order valence-corrected chi connectivity index (χ3v) is 3.32. The number of ether oxygens (including phenoxy) is 1. The maximum Gasteiger partial charge on any atom is 0.357 e. The molecule has 0 amide bonds. The first kappa shape index (κ1) is 12.3. The maximum atomic E-state index is 11.2. The van der Waals surface area contributed by atoms with Crippen LogP contribution in [0.2, 0.25) is 10.3 Å². The third-order valence-electron chi connectivity index (χ3n) is 1.94. The zero-order chi connectivity index (χ0) is 12.4. The molecule has 0 aliphatic heterocycles. The van der Waals surface area contributed by atoms with Gasteiger partial charge in [0.2, 0.25) is 0 Å². The van der Waals surface area contributed by atoms with Crippen LogP contribution in [0.4, 0.5) is 0 Å². The number of aromatic nitrogens is 2. The third kappa shape index (κ3) is 2.57. The topological polar surface area (TPSA) is 52.1 Å². The van der Waals surface area contributed by atoms with Gasteiger partial charge in [0, 0.05) is 10.9 Å². The van der Waals surface area contributed by atoms with Crippen LogP contribution in [0.25, 0.3) is 10.6 Å². The molecule has 0 aliphatic rings. The van der Waals surface area contributed by atoms with Gasteiger partial charge in [-0.15, -0.1) is 11.3 Å². The Balaban J connectivity index is 2.40. The van der Waals surface area contributed by atoms with Crippen LogP contribution in [0, 0.1) is 0 Å². The van der Waals surface area contributed by atoms with Gasteiger partial charge in [0.05, 0.1) is 7.11 Å². The number of rotatable bonds is 2. The molecule has 2 rings (SSSR count). The Hall–Kier alpha value is -1.17. The summed E-state index contributed by atoms with van der Waals surface area (Å²) in [4.78, 5) is 19.3. The normalized spacial score (nSPS) is 10.3. The summed E-state index contributed by atoms with van der Waals surface area (Å²) in [6.45, 7) is 0. The van der Waals surface area contributed by atoms with Crippen molar-refractivity contribution in [3.8, 4) is 10.6 Å². The number of carbonyl (C=O) groups is 1. The van der Waals surface area contributed by atoms with Crippen LogP contribution in [-0.4, -0.2) is 23.0 Å². The summed E-state index contributed by atoms with van der Waals surface area (Å²) < 4.78 is 4.57. The molecule has 2 aromatic heterocycles. The van der Waals surface area contributed by atoms with Crippen molar-refractivity contribution in [2.75, 3.05) is 7.11 Å². The highest BCUT2D eigenvalue weighted by Gasteiger charge is 2.14. The number of nitrogens with zero attached hydrogens (tertiary/aromatic N) is 2. The first-order valence-electron chi connectivity index (χ1n) is 4.48. The molecule has 0 aromatic carbocycles. The standard InChI is InChI=1S/C10H6Cl2N2O2S/c1-16-10(15)6-4-17-9(13-6)5-2-3-7(11)14-8(5)12/h2-4H,1H3. The first-order chi connectivity index (χ1) is 8.11. The molecule has 17 heavy (non-hydrogen) atoms. The number of halogens is 2. The number of thiazole rings is 1. The smallest absolute Gasteiger partial charge is 0.357 e. The van der Waals surface area contributed by atoms with Gasteiger partial charge < -0.3 is 4.74 Å². The Morgan fingerprint density at radius 1 is 1.35 bits per heavy atom. The molecule has 88 valence electrons. The lowest BCUT2D eigenvalue weighted by molar-refractivity contribution is 0.0595. The Morgan fingerprint density at radius 2 is 2.12 bits per heavy atom. The highest BCUT2D eigenvalue weighted by Crippen LogP contribution is 2.30. The average molecular weight is 289 g/mol. The lowest BCUT2D eigenvalue weighted by atomic mass is 10.3. The fourth-order valence-corrected chi connectivity index (χ4v) is 2.47. The van der Waals surface area contributed by atoms with Gasteiger partial charge in [-0.25, -0.2) is 14.8 Å². The molecule has 7 heteroatoms. The molecule has 4 nitrogen and oxygen atoms in total. The molecule has 2 aromatic rings. The molecule has 2 heterocycles. The van der Waals surface area contributed by atoms with Crippen molar-refractivity contribution in [3.05, 3.63) is 33.5 Å². The van der Waals surface area contributed by atoms with Crippen LogP contribution in [0.3, 0.4) is 0 Å². The molecule has 0 radical (unpaired) electrons. The van der Waals surface area contributed by atoms with E-state index in [-0.39, 0.29) is 10.8 Å². The molecule has 0 bridgehead atoms. The van der Waals surface area contributed by atoms with E-state index in [2.05, 4.69) is 14.7 Å². The SMILES string of the molecule is COC(=O)c1csc(-c2ccc(Cl)nc2Cl)n1.